The molecule has 2 aromatic carbocycles. The third-order valence-corrected chi connectivity index (χ3v) is 5.39. The highest BCUT2D eigenvalue weighted by molar-refractivity contribution is 9.10. The van der Waals surface area contributed by atoms with Crippen molar-refractivity contribution in [3.63, 3.8) is 0 Å². The van der Waals surface area contributed by atoms with E-state index in [0.29, 0.717) is 11.4 Å². The minimum absolute atomic E-state index is 0.00875. The molecule has 2 aromatic rings. The average Bonchev–Trinajstić information content (AvgIpc) is 2.84. The fourth-order valence-electron chi connectivity index (χ4n) is 2.43. The summed E-state index contributed by atoms with van der Waals surface area (Å²) in [4.78, 5) is 14.0. The van der Waals surface area contributed by atoms with Gasteiger partial charge in [0.2, 0.25) is 5.91 Å². The Hall–Kier alpha value is -1.33. The monoisotopic (exact) mass is 365 g/mol. The number of amides is 1. The zero-order chi connectivity index (χ0) is 15.0. The Morgan fingerprint density at radius 2 is 2.05 bits per heavy atom. The van der Waals surface area contributed by atoms with Crippen LogP contribution in [0.5, 0.6) is 0 Å². The van der Waals surface area contributed by atoms with Crippen LogP contribution in [0.15, 0.2) is 46.9 Å². The van der Waals surface area contributed by atoms with E-state index in [2.05, 4.69) is 15.9 Å². The van der Waals surface area contributed by atoms with E-state index in [9.17, 15) is 9.18 Å². The molecule has 2 nitrogen and oxygen atoms in total. The number of nitrogens with zero attached hydrogens (tertiary/aromatic N) is 1. The fourth-order valence-corrected chi connectivity index (χ4v) is 4.29. The SMILES string of the molecule is Cc1ccc(F)cc1N1C(=O)CSC1c1ccccc1Br. The number of anilines is 1. The van der Waals surface area contributed by atoms with E-state index in [0.717, 1.165) is 15.6 Å². The van der Waals surface area contributed by atoms with Crippen molar-refractivity contribution in [3.05, 3.63) is 63.9 Å². The van der Waals surface area contributed by atoms with Gasteiger partial charge >= 0.3 is 0 Å². The summed E-state index contributed by atoms with van der Waals surface area (Å²) in [6.45, 7) is 1.89. The number of halogens is 2. The molecule has 1 aliphatic heterocycles. The summed E-state index contributed by atoms with van der Waals surface area (Å²) in [5, 5.41) is -0.131. The molecular formula is C16H13BrFNOS. The highest BCUT2D eigenvalue weighted by atomic mass is 79.9. The fraction of sp³-hybridized carbons (Fsp3) is 0.188. The zero-order valence-electron chi connectivity index (χ0n) is 11.3. The van der Waals surface area contributed by atoms with E-state index in [4.69, 9.17) is 0 Å². The van der Waals surface area contributed by atoms with Crippen LogP contribution in [0, 0.1) is 12.7 Å². The lowest BCUT2D eigenvalue weighted by molar-refractivity contribution is -0.115. The Bertz CT molecular complexity index is 706. The molecule has 1 amide bonds. The molecular weight excluding hydrogens is 353 g/mol. The quantitative estimate of drug-likeness (QED) is 0.770. The number of carbonyl (C=O) groups excluding carboxylic acids is 1. The summed E-state index contributed by atoms with van der Waals surface area (Å²) in [5.74, 6) is 0.0859. The van der Waals surface area contributed by atoms with Gasteiger partial charge in [-0.1, -0.05) is 40.2 Å². The second-order valence-electron chi connectivity index (χ2n) is 4.88. The summed E-state index contributed by atoms with van der Waals surface area (Å²) in [5.41, 5.74) is 2.56. The molecule has 0 aromatic heterocycles. The van der Waals surface area contributed by atoms with Gasteiger partial charge in [0.25, 0.3) is 0 Å². The van der Waals surface area contributed by atoms with Gasteiger partial charge in [-0.05, 0) is 36.2 Å². The molecule has 1 unspecified atom stereocenters. The number of thioether (sulfide) groups is 1. The predicted octanol–water partition coefficient (Wildman–Crippen LogP) is 4.68. The van der Waals surface area contributed by atoms with Gasteiger partial charge < -0.3 is 0 Å². The molecule has 1 saturated heterocycles. The first-order valence-electron chi connectivity index (χ1n) is 6.52. The van der Waals surface area contributed by atoms with Gasteiger partial charge in [-0.25, -0.2) is 4.39 Å². The molecule has 0 spiro atoms. The van der Waals surface area contributed by atoms with Gasteiger partial charge in [-0.3, -0.25) is 9.69 Å². The molecule has 1 aliphatic rings. The lowest BCUT2D eigenvalue weighted by Gasteiger charge is -2.26. The second kappa shape index (κ2) is 5.81. The van der Waals surface area contributed by atoms with Crippen molar-refractivity contribution in [2.45, 2.75) is 12.3 Å². The predicted molar refractivity (Wildman–Crippen MR) is 88.0 cm³/mol. The first kappa shape index (κ1) is 14.6. The number of rotatable bonds is 2. The minimum Gasteiger partial charge on any atom is -0.295 e. The third-order valence-electron chi connectivity index (χ3n) is 3.47. The van der Waals surface area contributed by atoms with Crippen molar-refractivity contribution < 1.29 is 9.18 Å². The Labute approximate surface area is 135 Å². The molecule has 1 atom stereocenters. The highest BCUT2D eigenvalue weighted by Gasteiger charge is 2.35. The van der Waals surface area contributed by atoms with Crippen LogP contribution in [0.25, 0.3) is 0 Å². The molecule has 0 saturated carbocycles. The molecule has 1 heterocycles. The number of benzene rings is 2. The Morgan fingerprint density at radius 1 is 1.29 bits per heavy atom. The molecule has 21 heavy (non-hydrogen) atoms. The Balaban J connectivity index is 2.08. The lowest BCUT2D eigenvalue weighted by Crippen LogP contribution is -2.28. The second-order valence-corrected chi connectivity index (χ2v) is 6.80. The van der Waals surface area contributed by atoms with E-state index in [-0.39, 0.29) is 17.1 Å². The Morgan fingerprint density at radius 3 is 2.81 bits per heavy atom. The molecule has 5 heteroatoms. The van der Waals surface area contributed by atoms with E-state index in [1.165, 1.54) is 12.1 Å². The summed E-state index contributed by atoms with van der Waals surface area (Å²) in [6, 6.07) is 12.4. The maximum absolute atomic E-state index is 13.6. The van der Waals surface area contributed by atoms with E-state index >= 15 is 0 Å². The van der Waals surface area contributed by atoms with Crippen LogP contribution in [0.2, 0.25) is 0 Å². The van der Waals surface area contributed by atoms with Gasteiger partial charge in [0, 0.05) is 4.47 Å². The normalized spacial score (nSPS) is 18.3. The molecule has 0 radical (unpaired) electrons. The third kappa shape index (κ3) is 2.72. The van der Waals surface area contributed by atoms with Crippen molar-refractivity contribution >= 4 is 39.3 Å². The van der Waals surface area contributed by atoms with Gasteiger partial charge in [-0.2, -0.15) is 0 Å². The minimum atomic E-state index is -0.328. The van der Waals surface area contributed by atoms with Crippen LogP contribution in [-0.4, -0.2) is 11.7 Å². The number of carbonyl (C=O) groups is 1. The van der Waals surface area contributed by atoms with Crippen molar-refractivity contribution in [2.75, 3.05) is 10.7 Å². The van der Waals surface area contributed by atoms with Gasteiger partial charge in [0.1, 0.15) is 11.2 Å². The summed E-state index contributed by atoms with van der Waals surface area (Å²) in [6.07, 6.45) is 0. The summed E-state index contributed by atoms with van der Waals surface area (Å²) in [7, 11) is 0. The van der Waals surface area contributed by atoms with Gasteiger partial charge in [0.05, 0.1) is 11.4 Å². The van der Waals surface area contributed by atoms with Crippen LogP contribution in [0.3, 0.4) is 0 Å². The van der Waals surface area contributed by atoms with Gasteiger partial charge in [-0.15, -0.1) is 11.8 Å². The van der Waals surface area contributed by atoms with Crippen molar-refractivity contribution in [1.82, 2.24) is 0 Å². The van der Waals surface area contributed by atoms with Crippen molar-refractivity contribution in [3.8, 4) is 0 Å². The molecule has 3 rings (SSSR count). The molecule has 1 fully saturated rings. The van der Waals surface area contributed by atoms with E-state index in [1.807, 2.05) is 31.2 Å². The smallest absolute Gasteiger partial charge is 0.238 e. The van der Waals surface area contributed by atoms with Crippen LogP contribution in [-0.2, 0) is 4.79 Å². The first-order valence-corrected chi connectivity index (χ1v) is 8.36. The topological polar surface area (TPSA) is 20.3 Å². The zero-order valence-corrected chi connectivity index (χ0v) is 13.7. The maximum atomic E-state index is 13.6. The summed E-state index contributed by atoms with van der Waals surface area (Å²) < 4.78 is 14.5. The molecule has 0 bridgehead atoms. The average molecular weight is 366 g/mol. The van der Waals surface area contributed by atoms with Crippen LogP contribution in [0.4, 0.5) is 10.1 Å². The van der Waals surface area contributed by atoms with E-state index in [1.54, 1.807) is 22.7 Å². The Kier molecular flexibility index (Phi) is 4.04. The van der Waals surface area contributed by atoms with Crippen LogP contribution < -0.4 is 4.90 Å². The molecule has 0 N–H and O–H groups in total. The number of hydrogen-bond acceptors (Lipinski definition) is 2. The van der Waals surface area contributed by atoms with Crippen LogP contribution >= 0.6 is 27.7 Å². The van der Waals surface area contributed by atoms with Crippen LogP contribution in [0.1, 0.15) is 16.5 Å². The lowest BCUT2D eigenvalue weighted by atomic mass is 10.1. The van der Waals surface area contributed by atoms with E-state index < -0.39 is 0 Å². The number of aryl methyl sites for hydroxylation is 1. The maximum Gasteiger partial charge on any atom is 0.238 e. The summed E-state index contributed by atoms with van der Waals surface area (Å²) >= 11 is 5.09. The van der Waals surface area contributed by atoms with Crippen molar-refractivity contribution in [1.29, 1.82) is 0 Å². The standard InChI is InChI=1S/C16H13BrFNOS/c1-10-6-7-11(18)8-14(10)19-15(20)9-21-16(19)12-4-2-3-5-13(12)17/h2-8,16H,9H2,1H3. The molecule has 108 valence electrons. The van der Waals surface area contributed by atoms with Crippen molar-refractivity contribution in [2.24, 2.45) is 0 Å². The number of hydrogen-bond donors (Lipinski definition) is 0. The highest BCUT2D eigenvalue weighted by Crippen LogP contribution is 2.44. The first-order chi connectivity index (χ1) is 10.1. The molecule has 0 aliphatic carbocycles. The largest absolute Gasteiger partial charge is 0.295 e. The van der Waals surface area contributed by atoms with Gasteiger partial charge in [0.15, 0.2) is 0 Å².